The molecule has 11 heteroatoms. The number of aromatic nitrogens is 2. The number of hydrogen-bond donors (Lipinski definition) is 2. The summed E-state index contributed by atoms with van der Waals surface area (Å²) in [5, 5.41) is 12.5. The number of rotatable bonds is 8. The molecule has 0 aliphatic carbocycles. The van der Waals surface area contributed by atoms with Crippen molar-refractivity contribution in [1.29, 1.82) is 5.26 Å². The van der Waals surface area contributed by atoms with Gasteiger partial charge in [0.2, 0.25) is 5.91 Å². The number of nitrogens with zero attached hydrogens (tertiary/aromatic N) is 3. The fourth-order valence-electron chi connectivity index (χ4n) is 4.06. The molecular formula is C28H21ClFN5O4. The molecule has 3 N–H and O–H groups in total. The van der Waals surface area contributed by atoms with Gasteiger partial charge in [0, 0.05) is 46.7 Å². The topological polar surface area (TPSA) is 140 Å². The minimum atomic E-state index is -1.11. The number of pyridine rings is 2. The summed E-state index contributed by atoms with van der Waals surface area (Å²) >= 11 is 6.14. The minimum absolute atomic E-state index is 0.0601. The van der Waals surface area contributed by atoms with Gasteiger partial charge in [0.1, 0.15) is 17.6 Å². The summed E-state index contributed by atoms with van der Waals surface area (Å²) in [4.78, 5) is 42.3. The third kappa shape index (κ3) is 5.95. The van der Waals surface area contributed by atoms with Crippen molar-refractivity contribution >= 4 is 29.1 Å². The Kier molecular flexibility index (Phi) is 8.03. The number of carbonyl (C=O) groups is 2. The standard InChI is InChI=1S/C28H21ClFN5O4/c1-39-25-15-35(26(36)12-22(25)21-10-18(29)5-4-17(21)13-31)24(9-16-3-2-8-33-14-16)28(38)34-19-6-7-20(27(32)37)23(30)11-19/h2-8,10-12,14-15,24H,9H2,1H3,(H2,32,37)(H,34,38). The highest BCUT2D eigenvalue weighted by atomic mass is 35.5. The molecule has 0 saturated carbocycles. The van der Waals surface area contributed by atoms with Gasteiger partial charge in [-0.25, -0.2) is 4.39 Å². The number of nitrogens with two attached hydrogens (primary N) is 1. The van der Waals surface area contributed by atoms with E-state index in [0.717, 1.165) is 12.1 Å². The number of carbonyl (C=O) groups excluding carboxylic acids is 2. The Labute approximate surface area is 227 Å². The first-order valence-corrected chi connectivity index (χ1v) is 11.9. The van der Waals surface area contributed by atoms with Crippen molar-refractivity contribution < 1.29 is 18.7 Å². The van der Waals surface area contributed by atoms with Gasteiger partial charge < -0.3 is 15.8 Å². The van der Waals surface area contributed by atoms with Crippen molar-refractivity contribution in [2.45, 2.75) is 12.5 Å². The predicted octanol–water partition coefficient (Wildman–Crippen LogP) is 4.10. The van der Waals surface area contributed by atoms with E-state index in [2.05, 4.69) is 16.4 Å². The van der Waals surface area contributed by atoms with Crippen LogP contribution >= 0.6 is 11.6 Å². The van der Waals surface area contributed by atoms with E-state index in [4.69, 9.17) is 22.1 Å². The molecule has 2 aromatic heterocycles. The number of nitrogens with one attached hydrogen (secondary N) is 1. The van der Waals surface area contributed by atoms with Crippen molar-refractivity contribution in [3.63, 3.8) is 0 Å². The molecular weight excluding hydrogens is 525 g/mol. The van der Waals surface area contributed by atoms with Crippen molar-refractivity contribution in [1.82, 2.24) is 9.55 Å². The molecule has 4 rings (SSSR count). The quantitative estimate of drug-likeness (QED) is 0.341. The van der Waals surface area contributed by atoms with Crippen LogP contribution in [0.3, 0.4) is 0 Å². The molecule has 2 aromatic carbocycles. The summed E-state index contributed by atoms with van der Waals surface area (Å²) in [6.07, 6.45) is 4.56. The summed E-state index contributed by atoms with van der Waals surface area (Å²) in [6.45, 7) is 0. The molecule has 39 heavy (non-hydrogen) atoms. The van der Waals surface area contributed by atoms with Crippen molar-refractivity contribution in [2.75, 3.05) is 12.4 Å². The van der Waals surface area contributed by atoms with E-state index in [9.17, 15) is 24.0 Å². The lowest BCUT2D eigenvalue weighted by Crippen LogP contribution is -2.34. The molecule has 2 amide bonds. The second-order valence-corrected chi connectivity index (χ2v) is 8.87. The van der Waals surface area contributed by atoms with E-state index in [1.807, 2.05) is 0 Å². The monoisotopic (exact) mass is 545 g/mol. The number of hydrogen-bond acceptors (Lipinski definition) is 6. The molecule has 0 fully saturated rings. The third-order valence-electron chi connectivity index (χ3n) is 5.95. The molecule has 2 heterocycles. The normalized spacial score (nSPS) is 11.3. The Morgan fingerprint density at radius 3 is 2.64 bits per heavy atom. The summed E-state index contributed by atoms with van der Waals surface area (Å²) in [5.74, 6) is -2.27. The van der Waals surface area contributed by atoms with Gasteiger partial charge in [-0.2, -0.15) is 5.26 Å². The molecule has 0 aliphatic heterocycles. The maximum Gasteiger partial charge on any atom is 0.252 e. The van der Waals surface area contributed by atoms with E-state index in [1.165, 1.54) is 36.1 Å². The molecule has 0 saturated heterocycles. The molecule has 1 atom stereocenters. The molecule has 0 bridgehead atoms. The van der Waals surface area contributed by atoms with Gasteiger partial charge in [0.15, 0.2) is 0 Å². The molecule has 1 unspecified atom stereocenters. The van der Waals surface area contributed by atoms with E-state index >= 15 is 0 Å². The van der Waals surface area contributed by atoms with Crippen molar-refractivity contribution in [3.05, 3.63) is 111 Å². The highest BCUT2D eigenvalue weighted by Crippen LogP contribution is 2.33. The zero-order valence-corrected chi connectivity index (χ0v) is 21.3. The first kappa shape index (κ1) is 27.0. The number of benzene rings is 2. The lowest BCUT2D eigenvalue weighted by molar-refractivity contribution is -0.119. The zero-order chi connectivity index (χ0) is 28.1. The van der Waals surface area contributed by atoms with E-state index in [-0.39, 0.29) is 29.0 Å². The maximum absolute atomic E-state index is 14.3. The van der Waals surface area contributed by atoms with Gasteiger partial charge >= 0.3 is 0 Å². The fourth-order valence-corrected chi connectivity index (χ4v) is 4.23. The third-order valence-corrected chi connectivity index (χ3v) is 6.18. The van der Waals surface area contributed by atoms with Gasteiger partial charge in [-0.3, -0.25) is 23.9 Å². The van der Waals surface area contributed by atoms with Crippen molar-refractivity contribution in [2.24, 2.45) is 5.73 Å². The van der Waals surface area contributed by atoms with Crippen LogP contribution in [0.4, 0.5) is 10.1 Å². The SMILES string of the molecule is COc1cn(C(Cc2cccnc2)C(=O)Nc2ccc(C(N)=O)c(F)c2)c(=O)cc1-c1cc(Cl)ccc1C#N. The van der Waals surface area contributed by atoms with Crippen LogP contribution in [0.25, 0.3) is 11.1 Å². The van der Waals surface area contributed by atoms with Gasteiger partial charge in [0.05, 0.1) is 30.5 Å². The van der Waals surface area contributed by atoms with Gasteiger partial charge in [-0.05, 0) is 48.0 Å². The Hall–Kier alpha value is -5.01. The zero-order valence-electron chi connectivity index (χ0n) is 20.5. The largest absolute Gasteiger partial charge is 0.495 e. The van der Waals surface area contributed by atoms with Crippen molar-refractivity contribution in [3.8, 4) is 22.9 Å². The van der Waals surface area contributed by atoms with Gasteiger partial charge in [-0.15, -0.1) is 0 Å². The molecule has 0 aliphatic rings. The number of nitriles is 1. The highest BCUT2D eigenvalue weighted by molar-refractivity contribution is 6.31. The number of ether oxygens (including phenoxy) is 1. The number of amides is 2. The average molecular weight is 546 g/mol. The predicted molar refractivity (Wildman–Crippen MR) is 143 cm³/mol. The van der Waals surface area contributed by atoms with Crippen LogP contribution in [-0.2, 0) is 11.2 Å². The number of anilines is 1. The van der Waals surface area contributed by atoms with E-state index in [0.29, 0.717) is 21.7 Å². The summed E-state index contributed by atoms with van der Waals surface area (Å²) in [5.41, 5.74) is 5.98. The first-order valence-electron chi connectivity index (χ1n) is 11.5. The summed E-state index contributed by atoms with van der Waals surface area (Å²) < 4.78 is 21.0. The fraction of sp³-hybridized carbons (Fsp3) is 0.107. The van der Waals surface area contributed by atoms with E-state index in [1.54, 1.807) is 36.7 Å². The summed E-state index contributed by atoms with van der Waals surface area (Å²) in [7, 11) is 1.39. The van der Waals surface area contributed by atoms with Crippen LogP contribution in [0, 0.1) is 17.1 Å². The smallest absolute Gasteiger partial charge is 0.252 e. The van der Waals surface area contributed by atoms with Crippen LogP contribution in [0.15, 0.2) is 78.0 Å². The molecule has 196 valence electrons. The van der Waals surface area contributed by atoms with Crippen LogP contribution in [0.5, 0.6) is 5.75 Å². The summed E-state index contributed by atoms with van der Waals surface area (Å²) in [6, 6.07) is 13.7. The van der Waals surface area contributed by atoms with E-state index < -0.39 is 29.2 Å². The minimum Gasteiger partial charge on any atom is -0.495 e. The Bertz CT molecular complexity index is 1670. The molecule has 0 spiro atoms. The molecule has 9 nitrogen and oxygen atoms in total. The Morgan fingerprint density at radius 2 is 2.00 bits per heavy atom. The maximum atomic E-state index is 14.3. The van der Waals surface area contributed by atoms with Crippen LogP contribution < -0.4 is 21.3 Å². The van der Waals surface area contributed by atoms with Crippen LogP contribution in [0.2, 0.25) is 5.02 Å². The molecule has 0 radical (unpaired) electrons. The lowest BCUT2D eigenvalue weighted by atomic mass is 10.00. The first-order chi connectivity index (χ1) is 18.7. The number of primary amides is 1. The Morgan fingerprint density at radius 1 is 1.21 bits per heavy atom. The second kappa shape index (κ2) is 11.6. The Balaban J connectivity index is 1.79. The van der Waals surface area contributed by atoms with Gasteiger partial charge in [-0.1, -0.05) is 17.7 Å². The highest BCUT2D eigenvalue weighted by Gasteiger charge is 2.25. The second-order valence-electron chi connectivity index (χ2n) is 8.43. The molecule has 4 aromatic rings. The average Bonchev–Trinajstić information content (AvgIpc) is 2.92. The van der Waals surface area contributed by atoms with Crippen LogP contribution in [-0.4, -0.2) is 28.5 Å². The number of halogens is 2. The number of methoxy groups -OCH3 is 1. The lowest BCUT2D eigenvalue weighted by Gasteiger charge is -2.22. The van der Waals surface area contributed by atoms with Crippen LogP contribution in [0.1, 0.15) is 27.5 Å². The van der Waals surface area contributed by atoms with Gasteiger partial charge in [0.25, 0.3) is 11.5 Å².